The van der Waals surface area contributed by atoms with Crippen LogP contribution in [0.2, 0.25) is 0 Å². The normalized spacial score (nSPS) is 16.4. The van der Waals surface area contributed by atoms with Crippen LogP contribution >= 0.6 is 0 Å². The molecule has 1 heterocycles. The van der Waals surface area contributed by atoms with Gasteiger partial charge in [0.05, 0.1) is 14.2 Å². The van der Waals surface area contributed by atoms with E-state index >= 15 is 0 Å². The molecule has 1 N–H and O–H groups in total. The van der Waals surface area contributed by atoms with E-state index in [1.807, 2.05) is 6.07 Å². The molecule has 0 aromatic heterocycles. The Morgan fingerprint density at radius 1 is 1.16 bits per heavy atom. The first kappa shape index (κ1) is 14.2. The first-order valence-corrected chi connectivity index (χ1v) is 7.23. The third kappa shape index (κ3) is 3.21. The molecule has 3 heteroatoms. The zero-order chi connectivity index (χ0) is 13.7. The van der Waals surface area contributed by atoms with E-state index in [0.717, 1.165) is 43.3 Å². The van der Waals surface area contributed by atoms with Crippen LogP contribution in [0.3, 0.4) is 0 Å². The number of rotatable bonds is 5. The Hall–Kier alpha value is -1.22. The van der Waals surface area contributed by atoms with Gasteiger partial charge in [0.25, 0.3) is 0 Å². The zero-order valence-corrected chi connectivity index (χ0v) is 12.3. The van der Waals surface area contributed by atoms with Crippen LogP contribution in [-0.4, -0.2) is 27.3 Å². The maximum Gasteiger partial charge on any atom is 0.164 e. The van der Waals surface area contributed by atoms with Gasteiger partial charge in [0, 0.05) is 5.56 Å². The van der Waals surface area contributed by atoms with Crippen molar-refractivity contribution in [2.24, 2.45) is 5.92 Å². The molecule has 0 aliphatic carbocycles. The van der Waals surface area contributed by atoms with Crippen molar-refractivity contribution in [2.75, 3.05) is 27.3 Å². The van der Waals surface area contributed by atoms with Crippen molar-refractivity contribution in [1.29, 1.82) is 0 Å². The summed E-state index contributed by atoms with van der Waals surface area (Å²) < 4.78 is 10.9. The van der Waals surface area contributed by atoms with Crippen LogP contribution in [0.25, 0.3) is 0 Å². The van der Waals surface area contributed by atoms with E-state index in [2.05, 4.69) is 18.3 Å². The van der Waals surface area contributed by atoms with E-state index < -0.39 is 0 Å². The summed E-state index contributed by atoms with van der Waals surface area (Å²) >= 11 is 0. The van der Waals surface area contributed by atoms with Gasteiger partial charge in [-0.15, -0.1) is 0 Å². The zero-order valence-electron chi connectivity index (χ0n) is 12.3. The molecule has 1 saturated heterocycles. The number of piperidine rings is 1. The number of hydrogen-bond donors (Lipinski definition) is 1. The van der Waals surface area contributed by atoms with E-state index in [9.17, 15) is 0 Å². The van der Waals surface area contributed by atoms with Gasteiger partial charge in [-0.3, -0.25) is 0 Å². The number of ether oxygens (including phenoxy) is 2. The fraction of sp³-hybridized carbons (Fsp3) is 0.625. The molecule has 1 fully saturated rings. The van der Waals surface area contributed by atoms with Crippen molar-refractivity contribution in [3.63, 3.8) is 0 Å². The highest BCUT2D eigenvalue weighted by Gasteiger charge is 2.18. The number of hydrogen-bond acceptors (Lipinski definition) is 3. The summed E-state index contributed by atoms with van der Waals surface area (Å²) in [6.07, 6.45) is 4.70. The van der Waals surface area contributed by atoms with Gasteiger partial charge in [0.15, 0.2) is 11.5 Å². The predicted molar refractivity (Wildman–Crippen MR) is 78.2 cm³/mol. The second-order valence-electron chi connectivity index (χ2n) is 5.19. The average Bonchev–Trinajstić information content (AvgIpc) is 2.47. The quantitative estimate of drug-likeness (QED) is 0.886. The van der Waals surface area contributed by atoms with Crippen LogP contribution in [0.1, 0.15) is 30.9 Å². The summed E-state index contributed by atoms with van der Waals surface area (Å²) in [4.78, 5) is 0. The third-order valence-corrected chi connectivity index (χ3v) is 4.07. The molecule has 0 radical (unpaired) electrons. The van der Waals surface area contributed by atoms with Crippen molar-refractivity contribution < 1.29 is 9.47 Å². The molecule has 106 valence electrons. The Balaban J connectivity index is 2.23. The van der Waals surface area contributed by atoms with Gasteiger partial charge in [-0.2, -0.15) is 0 Å². The summed E-state index contributed by atoms with van der Waals surface area (Å²) in [7, 11) is 3.43. The van der Waals surface area contributed by atoms with Crippen molar-refractivity contribution in [3.05, 3.63) is 23.3 Å². The molecule has 2 rings (SSSR count). The lowest BCUT2D eigenvalue weighted by atomic mass is 9.88. The SMILES string of the molecule is CCc1c(CC2CCNCC2)ccc(OC)c1OC. The summed E-state index contributed by atoms with van der Waals surface area (Å²) in [5.74, 6) is 2.55. The molecule has 1 aromatic rings. The average molecular weight is 263 g/mol. The molecular weight excluding hydrogens is 238 g/mol. The first-order valence-electron chi connectivity index (χ1n) is 7.23. The molecule has 0 spiro atoms. The molecule has 1 aliphatic heterocycles. The van der Waals surface area contributed by atoms with Crippen molar-refractivity contribution in [2.45, 2.75) is 32.6 Å². The number of nitrogens with one attached hydrogen (secondary N) is 1. The molecule has 1 aromatic carbocycles. The molecule has 1 aliphatic rings. The van der Waals surface area contributed by atoms with E-state index in [1.54, 1.807) is 14.2 Å². The largest absolute Gasteiger partial charge is 0.493 e. The Bertz CT molecular complexity index is 411. The maximum absolute atomic E-state index is 5.55. The third-order valence-electron chi connectivity index (χ3n) is 4.07. The van der Waals surface area contributed by atoms with Crippen molar-refractivity contribution >= 4 is 0 Å². The smallest absolute Gasteiger partial charge is 0.164 e. The van der Waals surface area contributed by atoms with E-state index in [-0.39, 0.29) is 0 Å². The van der Waals surface area contributed by atoms with Crippen molar-refractivity contribution in [3.8, 4) is 11.5 Å². The van der Waals surface area contributed by atoms with Gasteiger partial charge in [-0.05, 0) is 56.3 Å². The molecule has 19 heavy (non-hydrogen) atoms. The summed E-state index contributed by atoms with van der Waals surface area (Å²) in [5, 5.41) is 3.43. The fourth-order valence-corrected chi connectivity index (χ4v) is 3.01. The molecule has 0 bridgehead atoms. The molecule has 3 nitrogen and oxygen atoms in total. The van der Waals surface area contributed by atoms with Crippen LogP contribution in [0.4, 0.5) is 0 Å². The van der Waals surface area contributed by atoms with E-state index in [0.29, 0.717) is 0 Å². The highest BCUT2D eigenvalue weighted by Crippen LogP contribution is 2.35. The predicted octanol–water partition coefficient (Wildman–Crippen LogP) is 2.81. The lowest BCUT2D eigenvalue weighted by Crippen LogP contribution is -2.28. The molecule has 0 saturated carbocycles. The molecular formula is C16H25NO2. The van der Waals surface area contributed by atoms with Crippen LogP contribution in [0.15, 0.2) is 12.1 Å². The minimum absolute atomic E-state index is 0.796. The monoisotopic (exact) mass is 263 g/mol. The molecule has 0 unspecified atom stereocenters. The van der Waals surface area contributed by atoms with Crippen LogP contribution in [0, 0.1) is 5.92 Å². The summed E-state index contributed by atoms with van der Waals surface area (Å²) in [5.41, 5.74) is 2.73. The Morgan fingerprint density at radius 3 is 2.47 bits per heavy atom. The summed E-state index contributed by atoms with van der Waals surface area (Å²) in [6.45, 7) is 4.49. The molecule has 0 atom stereocenters. The number of benzene rings is 1. The van der Waals surface area contributed by atoms with Crippen LogP contribution in [0.5, 0.6) is 11.5 Å². The number of methoxy groups -OCH3 is 2. The van der Waals surface area contributed by atoms with E-state index in [4.69, 9.17) is 9.47 Å². The topological polar surface area (TPSA) is 30.5 Å². The second-order valence-corrected chi connectivity index (χ2v) is 5.19. The van der Waals surface area contributed by atoms with Crippen LogP contribution < -0.4 is 14.8 Å². The maximum atomic E-state index is 5.55. The van der Waals surface area contributed by atoms with Gasteiger partial charge in [-0.25, -0.2) is 0 Å². The Morgan fingerprint density at radius 2 is 1.89 bits per heavy atom. The molecule has 0 amide bonds. The lowest BCUT2D eigenvalue weighted by molar-refractivity contribution is 0.348. The Labute approximate surface area is 116 Å². The highest BCUT2D eigenvalue weighted by atomic mass is 16.5. The van der Waals surface area contributed by atoms with Gasteiger partial charge in [-0.1, -0.05) is 13.0 Å². The second kappa shape index (κ2) is 6.80. The van der Waals surface area contributed by atoms with Gasteiger partial charge in [0.2, 0.25) is 0 Å². The van der Waals surface area contributed by atoms with Gasteiger partial charge < -0.3 is 14.8 Å². The van der Waals surface area contributed by atoms with Crippen molar-refractivity contribution in [1.82, 2.24) is 5.32 Å². The first-order chi connectivity index (χ1) is 9.30. The van der Waals surface area contributed by atoms with Crippen LogP contribution in [-0.2, 0) is 12.8 Å². The van der Waals surface area contributed by atoms with E-state index in [1.165, 1.54) is 24.0 Å². The standard InChI is InChI=1S/C16H25NO2/c1-4-14-13(11-12-7-9-17-10-8-12)5-6-15(18-2)16(14)19-3/h5-6,12,17H,4,7-11H2,1-3H3. The summed E-state index contributed by atoms with van der Waals surface area (Å²) in [6, 6.07) is 4.25. The minimum atomic E-state index is 0.796. The highest BCUT2D eigenvalue weighted by molar-refractivity contribution is 5.51. The minimum Gasteiger partial charge on any atom is -0.493 e. The van der Waals surface area contributed by atoms with Gasteiger partial charge in [0.1, 0.15) is 0 Å². The Kier molecular flexibility index (Phi) is 5.08. The van der Waals surface area contributed by atoms with Gasteiger partial charge >= 0.3 is 0 Å². The fourth-order valence-electron chi connectivity index (χ4n) is 3.01. The lowest BCUT2D eigenvalue weighted by Gasteiger charge is -2.24.